The summed E-state index contributed by atoms with van der Waals surface area (Å²) in [7, 11) is 0. The molecule has 0 aliphatic carbocycles. The average Bonchev–Trinajstić information content (AvgIpc) is 2.58. The van der Waals surface area contributed by atoms with E-state index in [0.717, 1.165) is 10.9 Å². The highest BCUT2D eigenvalue weighted by atomic mass is 32.2. The molecule has 0 unspecified atom stereocenters. The van der Waals surface area contributed by atoms with E-state index < -0.39 is 0 Å². The van der Waals surface area contributed by atoms with E-state index in [-0.39, 0.29) is 0 Å². The van der Waals surface area contributed by atoms with E-state index in [1.54, 1.807) is 35.9 Å². The summed E-state index contributed by atoms with van der Waals surface area (Å²) in [6, 6.07) is 1.83. The van der Waals surface area contributed by atoms with Crippen molar-refractivity contribution in [1.82, 2.24) is 9.97 Å². The van der Waals surface area contributed by atoms with Gasteiger partial charge in [0.25, 0.3) is 0 Å². The molecule has 0 aromatic carbocycles. The maximum Gasteiger partial charge on any atom is 0.166 e. The van der Waals surface area contributed by atoms with Crippen LogP contribution in [0.5, 0.6) is 0 Å². The Hall–Kier alpha value is -0.480. The molecule has 0 spiro atoms. The maximum absolute atomic E-state index is 4.15. The topological polar surface area (TPSA) is 25.8 Å². The fraction of sp³-hybridized carbons (Fsp3) is 0.143. The van der Waals surface area contributed by atoms with Crippen molar-refractivity contribution in [3.63, 3.8) is 0 Å². The van der Waals surface area contributed by atoms with E-state index in [1.807, 2.05) is 6.07 Å². The second-order valence-corrected chi connectivity index (χ2v) is 4.22. The zero-order chi connectivity index (χ0) is 7.52. The minimum atomic E-state index is 0.850. The molecule has 0 saturated carbocycles. The first-order chi connectivity index (χ1) is 5.47. The second kappa shape index (κ2) is 3.28. The Balaban J connectivity index is 2.29. The van der Waals surface area contributed by atoms with Gasteiger partial charge in [0, 0.05) is 17.5 Å². The predicted octanol–water partition coefficient (Wildman–Crippen LogP) is 2.21. The first-order valence-electron chi connectivity index (χ1n) is 3.19. The molecule has 2 rings (SSSR count). The van der Waals surface area contributed by atoms with Gasteiger partial charge in [0.05, 0.1) is 4.91 Å². The van der Waals surface area contributed by atoms with Crippen molar-refractivity contribution in [3.05, 3.63) is 29.7 Å². The van der Waals surface area contributed by atoms with Crippen molar-refractivity contribution in [1.29, 1.82) is 0 Å². The summed E-state index contributed by atoms with van der Waals surface area (Å²) in [5, 5.41) is 3.20. The molecule has 4 heteroatoms. The number of aromatic nitrogens is 2. The second-order valence-electron chi connectivity index (χ2n) is 1.98. The number of hydrogen-bond acceptors (Lipinski definition) is 4. The van der Waals surface area contributed by atoms with E-state index >= 15 is 0 Å². The molecule has 11 heavy (non-hydrogen) atoms. The van der Waals surface area contributed by atoms with E-state index in [1.165, 1.54) is 4.91 Å². The van der Waals surface area contributed by atoms with Gasteiger partial charge in [-0.3, -0.25) is 0 Å². The molecule has 0 radical (unpaired) electrons. The smallest absolute Gasteiger partial charge is 0.166 e. The standard InChI is InChI=1S/C7H6N2S2/c1-2-8-7(9-3-1)6-4-10-5-11-6/h1-4H,5H2. The third-order valence-corrected chi connectivity index (χ3v) is 3.44. The fourth-order valence-electron chi connectivity index (χ4n) is 0.785. The summed E-state index contributed by atoms with van der Waals surface area (Å²) in [4.78, 5) is 9.48. The van der Waals surface area contributed by atoms with Gasteiger partial charge >= 0.3 is 0 Å². The van der Waals surface area contributed by atoms with Crippen LogP contribution in [0.2, 0.25) is 0 Å². The SMILES string of the molecule is C1=C(c2ncccn2)SCS1. The zero-order valence-electron chi connectivity index (χ0n) is 5.73. The molecule has 1 aliphatic rings. The third-order valence-electron chi connectivity index (χ3n) is 1.26. The summed E-state index contributed by atoms with van der Waals surface area (Å²) in [6.07, 6.45) is 3.54. The van der Waals surface area contributed by atoms with E-state index in [2.05, 4.69) is 15.4 Å². The van der Waals surface area contributed by atoms with Gasteiger partial charge in [-0.15, -0.1) is 23.5 Å². The summed E-state index contributed by atoms with van der Waals surface area (Å²) >= 11 is 3.59. The molecule has 0 atom stereocenters. The van der Waals surface area contributed by atoms with Gasteiger partial charge in [-0.25, -0.2) is 9.97 Å². The highest BCUT2D eigenvalue weighted by Crippen LogP contribution is 2.36. The van der Waals surface area contributed by atoms with Crippen LogP contribution in [0.4, 0.5) is 0 Å². The highest BCUT2D eigenvalue weighted by molar-refractivity contribution is 8.25. The predicted molar refractivity (Wildman–Crippen MR) is 50.1 cm³/mol. The van der Waals surface area contributed by atoms with Crippen LogP contribution in [0.25, 0.3) is 4.91 Å². The maximum atomic E-state index is 4.15. The molecular weight excluding hydrogens is 176 g/mol. The fourth-order valence-corrected chi connectivity index (χ4v) is 2.80. The Morgan fingerprint density at radius 1 is 1.27 bits per heavy atom. The summed E-state index contributed by atoms with van der Waals surface area (Å²) in [5.41, 5.74) is 0. The number of thioether (sulfide) groups is 2. The Kier molecular flexibility index (Phi) is 2.14. The van der Waals surface area contributed by atoms with E-state index in [0.29, 0.717) is 0 Å². The van der Waals surface area contributed by atoms with Crippen LogP contribution in [-0.4, -0.2) is 15.1 Å². The van der Waals surface area contributed by atoms with Gasteiger partial charge < -0.3 is 0 Å². The van der Waals surface area contributed by atoms with Crippen LogP contribution < -0.4 is 0 Å². The minimum absolute atomic E-state index is 0.850. The molecule has 1 aromatic rings. The van der Waals surface area contributed by atoms with Crippen molar-refractivity contribution >= 4 is 28.4 Å². The molecular formula is C7H6N2S2. The Morgan fingerprint density at radius 2 is 2.09 bits per heavy atom. The lowest BCUT2D eigenvalue weighted by atomic mass is 10.5. The van der Waals surface area contributed by atoms with Crippen LogP contribution in [0.1, 0.15) is 5.82 Å². The quantitative estimate of drug-likeness (QED) is 0.665. The monoisotopic (exact) mass is 182 g/mol. The minimum Gasteiger partial charge on any atom is -0.236 e. The summed E-state index contributed by atoms with van der Waals surface area (Å²) < 4.78 is 0. The van der Waals surface area contributed by atoms with Crippen LogP contribution in [0.3, 0.4) is 0 Å². The molecule has 2 heterocycles. The van der Waals surface area contributed by atoms with Gasteiger partial charge in [-0.2, -0.15) is 0 Å². The van der Waals surface area contributed by atoms with Crippen LogP contribution >= 0.6 is 23.5 Å². The molecule has 1 aromatic heterocycles. The lowest BCUT2D eigenvalue weighted by molar-refractivity contribution is 1.13. The van der Waals surface area contributed by atoms with Crippen molar-refractivity contribution < 1.29 is 0 Å². The van der Waals surface area contributed by atoms with Crippen LogP contribution in [0, 0.1) is 0 Å². The molecule has 0 bridgehead atoms. The first kappa shape index (κ1) is 7.18. The molecule has 0 amide bonds. The van der Waals surface area contributed by atoms with Crippen molar-refractivity contribution in [2.75, 3.05) is 5.08 Å². The van der Waals surface area contributed by atoms with Gasteiger partial charge in [-0.05, 0) is 11.5 Å². The van der Waals surface area contributed by atoms with Gasteiger partial charge in [-0.1, -0.05) is 0 Å². The summed E-state index contributed by atoms with van der Waals surface area (Å²) in [6.45, 7) is 0. The van der Waals surface area contributed by atoms with E-state index in [9.17, 15) is 0 Å². The largest absolute Gasteiger partial charge is 0.236 e. The van der Waals surface area contributed by atoms with E-state index in [4.69, 9.17) is 0 Å². The molecule has 0 N–H and O–H groups in total. The molecule has 56 valence electrons. The Bertz CT molecular complexity index is 271. The first-order valence-corrected chi connectivity index (χ1v) is 5.22. The Labute approximate surface area is 73.5 Å². The van der Waals surface area contributed by atoms with Gasteiger partial charge in [0.1, 0.15) is 0 Å². The lowest BCUT2D eigenvalue weighted by Gasteiger charge is -1.95. The third kappa shape index (κ3) is 1.57. The Morgan fingerprint density at radius 3 is 2.73 bits per heavy atom. The van der Waals surface area contributed by atoms with Crippen molar-refractivity contribution in [3.8, 4) is 0 Å². The number of rotatable bonds is 1. The highest BCUT2D eigenvalue weighted by Gasteiger charge is 2.09. The van der Waals surface area contributed by atoms with Crippen LogP contribution in [-0.2, 0) is 0 Å². The summed E-state index contributed by atoms with van der Waals surface area (Å²) in [5.74, 6) is 0.850. The zero-order valence-corrected chi connectivity index (χ0v) is 7.36. The molecule has 2 nitrogen and oxygen atoms in total. The van der Waals surface area contributed by atoms with Crippen molar-refractivity contribution in [2.24, 2.45) is 0 Å². The van der Waals surface area contributed by atoms with Gasteiger partial charge in [0.2, 0.25) is 0 Å². The average molecular weight is 182 g/mol. The van der Waals surface area contributed by atoms with Crippen molar-refractivity contribution in [2.45, 2.75) is 0 Å². The van der Waals surface area contributed by atoms with Crippen LogP contribution in [0.15, 0.2) is 23.9 Å². The van der Waals surface area contributed by atoms with Gasteiger partial charge in [0.15, 0.2) is 5.82 Å². The number of nitrogens with zero attached hydrogens (tertiary/aromatic N) is 2. The molecule has 0 fully saturated rings. The lowest BCUT2D eigenvalue weighted by Crippen LogP contribution is -1.86. The normalized spacial score (nSPS) is 16.5. The molecule has 1 aliphatic heterocycles. The molecule has 0 saturated heterocycles. The number of hydrogen-bond donors (Lipinski definition) is 0.